The van der Waals surface area contributed by atoms with Crippen LogP contribution in [0.25, 0.3) is 0 Å². The first-order valence-electron chi connectivity index (χ1n) is 2.32. The molecule has 0 atom stereocenters. The number of rotatable bonds is 2. The standard InChI is InChI=1S/C4H10NO2P/c1-4(2,5)3-8(6)7/h3,5H2,1-2H3. The number of hydrogen-bond acceptors (Lipinski definition) is 3. The lowest BCUT2D eigenvalue weighted by Crippen LogP contribution is -2.33. The van der Waals surface area contributed by atoms with E-state index in [2.05, 4.69) is 0 Å². The van der Waals surface area contributed by atoms with Gasteiger partial charge in [-0.05, 0) is 13.8 Å². The average molecular weight is 135 g/mol. The molecule has 0 unspecified atom stereocenters. The van der Waals surface area contributed by atoms with E-state index >= 15 is 0 Å². The summed E-state index contributed by atoms with van der Waals surface area (Å²) in [6.45, 7) is 3.36. The lowest BCUT2D eigenvalue weighted by atomic mass is 10.1. The van der Waals surface area contributed by atoms with E-state index in [0.29, 0.717) is 0 Å². The molecule has 0 aliphatic carbocycles. The van der Waals surface area contributed by atoms with Gasteiger partial charge in [0, 0.05) is 5.54 Å². The molecule has 0 aromatic heterocycles. The monoisotopic (exact) mass is 135 g/mol. The fourth-order valence-electron chi connectivity index (χ4n) is 0.333. The van der Waals surface area contributed by atoms with Crippen LogP contribution in [0.3, 0.4) is 0 Å². The zero-order valence-electron chi connectivity index (χ0n) is 5.05. The van der Waals surface area contributed by atoms with E-state index in [1.807, 2.05) is 0 Å². The first-order valence-corrected chi connectivity index (χ1v) is 3.69. The van der Waals surface area contributed by atoms with Crippen LogP contribution in [-0.2, 0) is 9.13 Å². The van der Waals surface area contributed by atoms with E-state index < -0.39 is 13.2 Å². The fourth-order valence-corrected chi connectivity index (χ4v) is 0.998. The minimum atomic E-state index is -2.31. The van der Waals surface area contributed by atoms with E-state index in [0.717, 1.165) is 0 Å². The van der Waals surface area contributed by atoms with Gasteiger partial charge in [-0.15, -0.1) is 0 Å². The average Bonchev–Trinajstić information content (AvgIpc) is 1.21. The molecule has 0 fully saturated rings. The highest BCUT2D eigenvalue weighted by Crippen LogP contribution is 2.10. The van der Waals surface area contributed by atoms with Gasteiger partial charge < -0.3 is 5.73 Å². The molecular formula is C4H10NO2P. The molecule has 0 rings (SSSR count). The quantitative estimate of drug-likeness (QED) is 0.572. The second kappa shape index (κ2) is 2.42. The van der Waals surface area contributed by atoms with Gasteiger partial charge in [0.15, 0.2) is 0 Å². The molecular weight excluding hydrogens is 125 g/mol. The third-order valence-corrected chi connectivity index (χ3v) is 1.61. The molecule has 0 aromatic rings. The molecule has 2 N–H and O–H groups in total. The van der Waals surface area contributed by atoms with Gasteiger partial charge in [0.25, 0.3) is 0 Å². The second-order valence-corrected chi connectivity index (χ2v) is 3.46. The van der Waals surface area contributed by atoms with Crippen LogP contribution in [-0.4, -0.2) is 11.7 Å². The second-order valence-electron chi connectivity index (χ2n) is 2.48. The summed E-state index contributed by atoms with van der Waals surface area (Å²) < 4.78 is 19.9. The Morgan fingerprint density at radius 2 is 1.88 bits per heavy atom. The third kappa shape index (κ3) is 5.86. The summed E-state index contributed by atoms with van der Waals surface area (Å²) in [5.74, 6) is 0. The normalized spacial score (nSPS) is 11.4. The Kier molecular flexibility index (Phi) is 2.38. The van der Waals surface area contributed by atoms with E-state index in [1.165, 1.54) is 0 Å². The van der Waals surface area contributed by atoms with Crippen molar-refractivity contribution in [3.63, 3.8) is 0 Å². The Labute approximate surface area is 49.1 Å². The molecule has 0 saturated carbocycles. The van der Waals surface area contributed by atoms with Crippen LogP contribution in [0.5, 0.6) is 0 Å². The molecule has 0 bridgehead atoms. The maximum absolute atomic E-state index is 9.97. The van der Waals surface area contributed by atoms with Crippen molar-refractivity contribution in [2.45, 2.75) is 19.4 Å². The van der Waals surface area contributed by atoms with E-state index in [-0.39, 0.29) is 6.16 Å². The topological polar surface area (TPSA) is 60.2 Å². The lowest BCUT2D eigenvalue weighted by molar-refractivity contribution is 0.495. The van der Waals surface area contributed by atoms with Crippen molar-refractivity contribution >= 4 is 7.68 Å². The molecule has 3 nitrogen and oxygen atoms in total. The van der Waals surface area contributed by atoms with Gasteiger partial charge in [-0.2, -0.15) is 0 Å². The highest BCUT2D eigenvalue weighted by atomic mass is 31.1. The zero-order valence-corrected chi connectivity index (χ0v) is 5.94. The summed E-state index contributed by atoms with van der Waals surface area (Å²) in [5.41, 5.74) is 4.78. The fraction of sp³-hybridized carbons (Fsp3) is 1.00. The van der Waals surface area contributed by atoms with Gasteiger partial charge in [0.1, 0.15) is 0 Å². The van der Waals surface area contributed by atoms with Crippen molar-refractivity contribution in [2.75, 3.05) is 6.16 Å². The summed E-state index contributed by atoms with van der Waals surface area (Å²) in [4.78, 5) is 0. The van der Waals surface area contributed by atoms with Gasteiger partial charge in [-0.3, -0.25) is 0 Å². The molecule has 0 radical (unpaired) electrons. The number of nitrogens with two attached hydrogens (primary N) is 1. The van der Waals surface area contributed by atoms with Crippen molar-refractivity contribution in [2.24, 2.45) is 5.73 Å². The highest BCUT2D eigenvalue weighted by Gasteiger charge is 2.12. The molecule has 0 amide bonds. The van der Waals surface area contributed by atoms with Crippen molar-refractivity contribution in [1.29, 1.82) is 0 Å². The van der Waals surface area contributed by atoms with Gasteiger partial charge in [0.05, 0.1) is 6.16 Å². The molecule has 0 aliphatic heterocycles. The Hall–Kier alpha value is -0.140. The highest BCUT2D eigenvalue weighted by molar-refractivity contribution is 7.30. The molecule has 8 heavy (non-hydrogen) atoms. The van der Waals surface area contributed by atoms with Gasteiger partial charge in [-0.25, -0.2) is 9.13 Å². The summed E-state index contributed by atoms with van der Waals surface area (Å²) >= 11 is 0. The van der Waals surface area contributed by atoms with E-state index in [1.54, 1.807) is 13.8 Å². The predicted octanol–water partition coefficient (Wildman–Crippen LogP) is 0.897. The van der Waals surface area contributed by atoms with Crippen LogP contribution >= 0.6 is 7.68 Å². The van der Waals surface area contributed by atoms with Crippen molar-refractivity contribution in [3.05, 3.63) is 0 Å². The molecule has 0 aromatic carbocycles. The van der Waals surface area contributed by atoms with Crippen LogP contribution in [0.15, 0.2) is 0 Å². The van der Waals surface area contributed by atoms with Crippen LogP contribution in [0.4, 0.5) is 0 Å². The SMILES string of the molecule is CC(C)(N)CP(=O)=O. The van der Waals surface area contributed by atoms with Crippen LogP contribution in [0, 0.1) is 0 Å². The third-order valence-electron chi connectivity index (χ3n) is 0.537. The van der Waals surface area contributed by atoms with E-state index in [4.69, 9.17) is 5.73 Å². The van der Waals surface area contributed by atoms with Crippen LogP contribution < -0.4 is 5.73 Å². The summed E-state index contributed by atoms with van der Waals surface area (Å²) in [7, 11) is -2.31. The Balaban J connectivity index is 3.73. The van der Waals surface area contributed by atoms with Gasteiger partial charge in [0.2, 0.25) is 0 Å². The molecule has 4 heteroatoms. The molecule has 0 aliphatic rings. The summed E-state index contributed by atoms with van der Waals surface area (Å²) in [6, 6.07) is 0. The number of hydrogen-bond donors (Lipinski definition) is 1. The maximum atomic E-state index is 9.97. The van der Waals surface area contributed by atoms with Gasteiger partial charge >= 0.3 is 7.68 Å². The predicted molar refractivity (Wildman–Crippen MR) is 31.4 cm³/mol. The lowest BCUT2D eigenvalue weighted by Gasteiger charge is -2.11. The summed E-state index contributed by atoms with van der Waals surface area (Å²) in [5, 5.41) is 0. The van der Waals surface area contributed by atoms with Crippen LogP contribution in [0.1, 0.15) is 13.8 Å². The summed E-state index contributed by atoms with van der Waals surface area (Å²) in [6.07, 6.45) is 0.0579. The Morgan fingerprint density at radius 1 is 1.50 bits per heavy atom. The maximum Gasteiger partial charge on any atom is 0.317 e. The van der Waals surface area contributed by atoms with Crippen molar-refractivity contribution < 1.29 is 9.13 Å². The van der Waals surface area contributed by atoms with Crippen molar-refractivity contribution in [3.8, 4) is 0 Å². The van der Waals surface area contributed by atoms with E-state index in [9.17, 15) is 9.13 Å². The molecule has 0 heterocycles. The molecule has 48 valence electrons. The first kappa shape index (κ1) is 7.86. The molecule has 0 spiro atoms. The largest absolute Gasteiger partial charge is 0.325 e. The molecule has 0 saturated heterocycles. The van der Waals surface area contributed by atoms with Crippen molar-refractivity contribution in [1.82, 2.24) is 0 Å². The Morgan fingerprint density at radius 3 is 1.88 bits per heavy atom. The van der Waals surface area contributed by atoms with Gasteiger partial charge in [-0.1, -0.05) is 0 Å². The minimum Gasteiger partial charge on any atom is -0.325 e. The Bertz CT molecular complexity index is 125. The first-order chi connectivity index (χ1) is 3.42. The smallest absolute Gasteiger partial charge is 0.317 e. The minimum absolute atomic E-state index is 0.0579. The zero-order chi connectivity index (χ0) is 6.78. The van der Waals surface area contributed by atoms with Crippen LogP contribution in [0.2, 0.25) is 0 Å².